The number of carbonyl (C=O) groups excluding carboxylic acids is 4. The number of unbranched alkanes of at least 4 members (excludes halogenated alkanes) is 54. The average molecular weight is 1520 g/mol. The minimum atomic E-state index is -4.96. The number of aliphatic hydroxyl groups is 1. The first kappa shape index (κ1) is 102. The lowest BCUT2D eigenvalue weighted by Crippen LogP contribution is -2.30. The highest BCUT2D eigenvalue weighted by Gasteiger charge is 2.30. The Bertz CT molecular complexity index is 1990. The largest absolute Gasteiger partial charge is 0.472 e. The molecule has 3 N–H and O–H groups in total. The van der Waals surface area contributed by atoms with Crippen molar-refractivity contribution < 1.29 is 80.2 Å². The zero-order valence-electron chi connectivity index (χ0n) is 68.3. The van der Waals surface area contributed by atoms with Crippen molar-refractivity contribution in [1.29, 1.82) is 0 Å². The molecule has 0 aromatic heterocycles. The maximum atomic E-state index is 13.1. The molecule has 618 valence electrons. The van der Waals surface area contributed by atoms with Crippen molar-refractivity contribution in [2.24, 2.45) is 11.8 Å². The van der Waals surface area contributed by atoms with Gasteiger partial charge < -0.3 is 33.8 Å². The predicted molar refractivity (Wildman–Crippen MR) is 428 cm³/mol. The Morgan fingerprint density at radius 3 is 0.654 bits per heavy atom. The van der Waals surface area contributed by atoms with Gasteiger partial charge in [0, 0.05) is 25.7 Å². The molecule has 5 atom stereocenters. The Hall–Kier alpha value is -1.94. The summed E-state index contributed by atoms with van der Waals surface area (Å²) in [6.45, 7) is 9.69. The molecule has 0 rings (SSSR count). The standard InChI is InChI=1S/C85H166O17P2/c1-7-9-11-13-15-17-19-21-23-30-33-37-43-49-55-61-67-82(87)95-73-80(101-85(90)70-64-58-52-45-39-35-31-27-25-24-26-29-32-36-41-47-53-59-65-77(3)4)75-99-103(91,92)97-71-79(86)72-98-104(93,94)100-76-81(74-96-83(88)68-62-56-50-46-40-42-48-54-60-66-78(5)6)102-84(89)69-63-57-51-44-38-34-28-22-20-18-16-14-12-10-8-2/h77-81,86H,7-76H2,1-6H3,(H,91,92)(H,93,94)/t79-,80-,81-/m1/s1. The first-order valence-corrected chi connectivity index (χ1v) is 47.0. The highest BCUT2D eigenvalue weighted by molar-refractivity contribution is 7.47. The van der Waals surface area contributed by atoms with Gasteiger partial charge in [0.1, 0.15) is 19.3 Å². The molecule has 0 aromatic rings. The van der Waals surface area contributed by atoms with Gasteiger partial charge in [-0.3, -0.25) is 37.3 Å². The van der Waals surface area contributed by atoms with Crippen molar-refractivity contribution >= 4 is 39.5 Å². The van der Waals surface area contributed by atoms with E-state index in [1.165, 1.54) is 270 Å². The Labute approximate surface area is 638 Å². The van der Waals surface area contributed by atoms with Crippen LogP contribution in [0.25, 0.3) is 0 Å². The molecule has 0 radical (unpaired) electrons. The lowest BCUT2D eigenvalue weighted by molar-refractivity contribution is -0.161. The first-order chi connectivity index (χ1) is 50.4. The molecular formula is C85H166O17P2. The van der Waals surface area contributed by atoms with Crippen LogP contribution in [0.3, 0.4) is 0 Å². The van der Waals surface area contributed by atoms with Gasteiger partial charge in [0.2, 0.25) is 0 Å². The van der Waals surface area contributed by atoms with E-state index in [1.54, 1.807) is 0 Å². The molecule has 0 aliphatic rings. The smallest absolute Gasteiger partial charge is 0.462 e. The molecule has 0 heterocycles. The molecular weight excluding hydrogens is 1350 g/mol. The summed E-state index contributed by atoms with van der Waals surface area (Å²) in [5.41, 5.74) is 0. The van der Waals surface area contributed by atoms with Crippen molar-refractivity contribution in [2.45, 2.75) is 471 Å². The second-order valence-corrected chi connectivity index (χ2v) is 34.4. The van der Waals surface area contributed by atoms with Crippen LogP contribution in [0, 0.1) is 11.8 Å². The summed E-state index contributed by atoms with van der Waals surface area (Å²) in [5, 5.41) is 10.7. The van der Waals surface area contributed by atoms with Crippen LogP contribution < -0.4 is 0 Å². The van der Waals surface area contributed by atoms with Crippen LogP contribution in [0.2, 0.25) is 0 Å². The van der Waals surface area contributed by atoms with E-state index >= 15 is 0 Å². The van der Waals surface area contributed by atoms with Crippen LogP contribution >= 0.6 is 15.6 Å². The van der Waals surface area contributed by atoms with E-state index in [4.69, 9.17) is 37.0 Å². The summed E-state index contributed by atoms with van der Waals surface area (Å²) in [4.78, 5) is 73.2. The van der Waals surface area contributed by atoms with E-state index in [-0.39, 0.29) is 25.7 Å². The topological polar surface area (TPSA) is 237 Å². The lowest BCUT2D eigenvalue weighted by atomic mass is 10.0. The monoisotopic (exact) mass is 1520 g/mol. The Kier molecular flexibility index (Phi) is 75.0. The molecule has 0 amide bonds. The number of carbonyl (C=O) groups is 4. The number of ether oxygens (including phenoxy) is 4. The van der Waals surface area contributed by atoms with Crippen molar-refractivity contribution in [1.82, 2.24) is 0 Å². The fourth-order valence-corrected chi connectivity index (χ4v) is 14.8. The van der Waals surface area contributed by atoms with Crippen molar-refractivity contribution in [3.8, 4) is 0 Å². The molecule has 17 nitrogen and oxygen atoms in total. The molecule has 104 heavy (non-hydrogen) atoms. The Morgan fingerprint density at radius 1 is 0.260 bits per heavy atom. The maximum Gasteiger partial charge on any atom is 0.472 e. The number of phosphoric acid groups is 2. The fraction of sp³-hybridized carbons (Fsp3) is 0.953. The van der Waals surface area contributed by atoms with E-state index in [2.05, 4.69) is 41.5 Å². The van der Waals surface area contributed by atoms with Crippen LogP contribution in [0.4, 0.5) is 0 Å². The average Bonchev–Trinajstić information content (AvgIpc) is 0.904. The third-order valence-electron chi connectivity index (χ3n) is 20.0. The number of esters is 4. The maximum absolute atomic E-state index is 13.1. The SMILES string of the molecule is CCCCCCCCCCCCCCCCCCC(=O)OC[C@H](COP(=O)(O)OC[C@@H](O)COP(=O)(O)OC[C@@H](COC(=O)CCCCCCCCCCCC(C)C)OC(=O)CCCCCCCCCCCCCCCCC)OC(=O)CCCCCCCCCCCCCCCCCCCCC(C)C. The van der Waals surface area contributed by atoms with Gasteiger partial charge in [-0.15, -0.1) is 0 Å². The van der Waals surface area contributed by atoms with Crippen LogP contribution in [0.5, 0.6) is 0 Å². The van der Waals surface area contributed by atoms with Crippen LogP contribution in [-0.2, 0) is 65.4 Å². The Morgan fingerprint density at radius 2 is 0.442 bits per heavy atom. The third-order valence-corrected chi connectivity index (χ3v) is 21.9. The summed E-state index contributed by atoms with van der Waals surface area (Å²) < 4.78 is 68.9. The van der Waals surface area contributed by atoms with Crippen molar-refractivity contribution in [3.63, 3.8) is 0 Å². The normalized spacial score (nSPS) is 13.8. The number of hydrogen-bond acceptors (Lipinski definition) is 15. The van der Waals surface area contributed by atoms with Crippen LogP contribution in [-0.4, -0.2) is 96.7 Å². The molecule has 0 aromatic carbocycles. The molecule has 0 saturated carbocycles. The minimum absolute atomic E-state index is 0.108. The zero-order chi connectivity index (χ0) is 76.4. The summed E-state index contributed by atoms with van der Waals surface area (Å²) in [6, 6.07) is 0. The third kappa shape index (κ3) is 78.2. The zero-order valence-corrected chi connectivity index (χ0v) is 70.1. The van der Waals surface area contributed by atoms with Crippen LogP contribution in [0.1, 0.15) is 452 Å². The van der Waals surface area contributed by atoms with Gasteiger partial charge in [0.25, 0.3) is 0 Å². The van der Waals surface area contributed by atoms with E-state index < -0.39 is 97.5 Å². The number of hydrogen-bond donors (Lipinski definition) is 3. The second kappa shape index (κ2) is 76.4. The number of aliphatic hydroxyl groups excluding tert-OH is 1. The molecule has 0 spiro atoms. The van der Waals surface area contributed by atoms with E-state index in [1.807, 2.05) is 0 Å². The summed E-state index contributed by atoms with van der Waals surface area (Å²) in [7, 11) is -9.93. The van der Waals surface area contributed by atoms with E-state index in [9.17, 15) is 43.2 Å². The summed E-state index contributed by atoms with van der Waals surface area (Å²) in [5.74, 6) is -0.537. The van der Waals surface area contributed by atoms with Gasteiger partial charge >= 0.3 is 39.5 Å². The molecule has 0 bridgehead atoms. The quantitative estimate of drug-likeness (QED) is 0.0222. The van der Waals surface area contributed by atoms with Gasteiger partial charge in [0.05, 0.1) is 26.4 Å². The van der Waals surface area contributed by atoms with Gasteiger partial charge in [0.15, 0.2) is 12.2 Å². The summed E-state index contributed by atoms with van der Waals surface area (Å²) >= 11 is 0. The molecule has 2 unspecified atom stereocenters. The van der Waals surface area contributed by atoms with Crippen molar-refractivity contribution in [3.05, 3.63) is 0 Å². The molecule has 0 aliphatic heterocycles. The van der Waals surface area contributed by atoms with Gasteiger partial charge in [-0.2, -0.15) is 0 Å². The lowest BCUT2D eigenvalue weighted by Gasteiger charge is -2.21. The van der Waals surface area contributed by atoms with Crippen molar-refractivity contribution in [2.75, 3.05) is 39.6 Å². The molecule has 0 fully saturated rings. The number of phosphoric ester groups is 2. The highest BCUT2D eigenvalue weighted by atomic mass is 31.2. The second-order valence-electron chi connectivity index (χ2n) is 31.5. The minimum Gasteiger partial charge on any atom is -0.462 e. The molecule has 0 aliphatic carbocycles. The van der Waals surface area contributed by atoms with E-state index in [0.717, 1.165) is 102 Å². The van der Waals surface area contributed by atoms with Gasteiger partial charge in [-0.05, 0) is 37.5 Å². The van der Waals surface area contributed by atoms with E-state index in [0.29, 0.717) is 25.7 Å². The molecule has 0 saturated heterocycles. The predicted octanol–water partition coefficient (Wildman–Crippen LogP) is 25.8. The van der Waals surface area contributed by atoms with Crippen LogP contribution in [0.15, 0.2) is 0 Å². The highest BCUT2D eigenvalue weighted by Crippen LogP contribution is 2.45. The van der Waals surface area contributed by atoms with Gasteiger partial charge in [-0.1, -0.05) is 401 Å². The fourth-order valence-electron chi connectivity index (χ4n) is 13.2. The Balaban J connectivity index is 5.25. The van der Waals surface area contributed by atoms with Gasteiger partial charge in [-0.25, -0.2) is 9.13 Å². The summed E-state index contributed by atoms with van der Waals surface area (Å²) in [6.07, 6.45) is 68.0. The number of rotatable bonds is 84. The molecule has 19 heteroatoms. The first-order valence-electron chi connectivity index (χ1n) is 44.0.